The highest BCUT2D eigenvalue weighted by Crippen LogP contribution is 2.21. The zero-order chi connectivity index (χ0) is 17.5. The van der Waals surface area contributed by atoms with E-state index in [4.69, 9.17) is 9.47 Å². The first-order valence-electron chi connectivity index (χ1n) is 8.50. The van der Waals surface area contributed by atoms with Gasteiger partial charge in [-0.25, -0.2) is 4.79 Å². The molecule has 1 saturated heterocycles. The van der Waals surface area contributed by atoms with Crippen molar-refractivity contribution in [1.29, 1.82) is 0 Å². The highest BCUT2D eigenvalue weighted by molar-refractivity contribution is 5.91. The van der Waals surface area contributed by atoms with E-state index in [1.54, 1.807) is 29.2 Å². The first-order chi connectivity index (χ1) is 12.2. The fourth-order valence-electron chi connectivity index (χ4n) is 2.73. The number of ether oxygens (including phenoxy) is 2. The van der Waals surface area contributed by atoms with Gasteiger partial charge in [0.05, 0.1) is 5.56 Å². The summed E-state index contributed by atoms with van der Waals surface area (Å²) >= 11 is 0. The molecule has 1 aliphatic heterocycles. The smallest absolute Gasteiger partial charge is 0.338 e. The molecular formula is C20H21NO4. The Hall–Kier alpha value is -2.82. The van der Waals surface area contributed by atoms with Crippen molar-refractivity contribution in [3.8, 4) is 11.5 Å². The Bertz CT molecular complexity index is 706. The number of nitrogens with zero attached hydrogens (tertiary/aromatic N) is 1. The number of amides is 1. The van der Waals surface area contributed by atoms with Gasteiger partial charge in [0.1, 0.15) is 11.5 Å². The van der Waals surface area contributed by atoms with Crippen molar-refractivity contribution >= 4 is 11.9 Å². The maximum absolute atomic E-state index is 12.1. The summed E-state index contributed by atoms with van der Waals surface area (Å²) in [6.07, 6.45) is 3.19. The van der Waals surface area contributed by atoms with E-state index in [-0.39, 0.29) is 12.5 Å². The van der Waals surface area contributed by atoms with E-state index >= 15 is 0 Å². The van der Waals surface area contributed by atoms with Crippen LogP contribution in [-0.2, 0) is 9.53 Å². The average Bonchev–Trinajstić information content (AvgIpc) is 2.68. The standard InChI is InChI=1S/C20H21NO4/c22-19(21-13-5-2-6-14-21)15-24-20(23)16-9-11-18(12-10-16)25-17-7-3-1-4-8-17/h1,3-4,7-12H,2,5-6,13-15H2. The lowest BCUT2D eigenvalue weighted by molar-refractivity contribution is -0.135. The minimum atomic E-state index is -0.503. The predicted molar refractivity (Wildman–Crippen MR) is 93.7 cm³/mol. The van der Waals surface area contributed by atoms with Gasteiger partial charge < -0.3 is 14.4 Å². The summed E-state index contributed by atoms with van der Waals surface area (Å²) < 4.78 is 10.8. The van der Waals surface area contributed by atoms with Crippen LogP contribution in [0.1, 0.15) is 29.6 Å². The van der Waals surface area contributed by atoms with E-state index in [1.807, 2.05) is 30.3 Å². The Morgan fingerprint density at radius 1 is 0.840 bits per heavy atom. The van der Waals surface area contributed by atoms with E-state index in [2.05, 4.69) is 0 Å². The second-order valence-corrected chi connectivity index (χ2v) is 5.96. The Labute approximate surface area is 147 Å². The summed E-state index contributed by atoms with van der Waals surface area (Å²) in [4.78, 5) is 25.8. The molecule has 0 N–H and O–H groups in total. The molecule has 0 spiro atoms. The van der Waals surface area contributed by atoms with Crippen LogP contribution in [0.4, 0.5) is 0 Å². The number of rotatable bonds is 5. The van der Waals surface area contributed by atoms with Gasteiger partial charge in [0.2, 0.25) is 0 Å². The summed E-state index contributed by atoms with van der Waals surface area (Å²) in [5, 5.41) is 0. The van der Waals surface area contributed by atoms with Crippen LogP contribution in [0.2, 0.25) is 0 Å². The summed E-state index contributed by atoms with van der Waals surface area (Å²) in [5.41, 5.74) is 0.395. The third kappa shape index (κ3) is 4.83. The van der Waals surface area contributed by atoms with Crippen molar-refractivity contribution < 1.29 is 19.1 Å². The number of esters is 1. The number of carbonyl (C=O) groups is 2. The molecule has 0 aliphatic carbocycles. The third-order valence-corrected chi connectivity index (χ3v) is 4.10. The van der Waals surface area contributed by atoms with Crippen LogP contribution in [0.15, 0.2) is 54.6 Å². The molecule has 25 heavy (non-hydrogen) atoms. The van der Waals surface area contributed by atoms with E-state index in [0.717, 1.165) is 38.1 Å². The van der Waals surface area contributed by atoms with Gasteiger partial charge in [-0.05, 0) is 55.7 Å². The topological polar surface area (TPSA) is 55.8 Å². The average molecular weight is 339 g/mol. The van der Waals surface area contributed by atoms with Gasteiger partial charge in [-0.3, -0.25) is 4.79 Å². The molecule has 2 aromatic rings. The quantitative estimate of drug-likeness (QED) is 0.780. The minimum Gasteiger partial charge on any atom is -0.457 e. The van der Waals surface area contributed by atoms with E-state index in [0.29, 0.717) is 11.3 Å². The second-order valence-electron chi connectivity index (χ2n) is 5.96. The molecule has 0 bridgehead atoms. The van der Waals surface area contributed by atoms with Crippen molar-refractivity contribution in [2.45, 2.75) is 19.3 Å². The molecule has 0 radical (unpaired) electrons. The molecule has 5 nitrogen and oxygen atoms in total. The molecule has 0 atom stereocenters. The molecule has 1 amide bonds. The fraction of sp³-hybridized carbons (Fsp3) is 0.300. The molecule has 3 rings (SSSR count). The van der Waals surface area contributed by atoms with Crippen LogP contribution in [0.5, 0.6) is 11.5 Å². The highest BCUT2D eigenvalue weighted by atomic mass is 16.5. The van der Waals surface area contributed by atoms with Gasteiger partial charge in [0.15, 0.2) is 6.61 Å². The zero-order valence-corrected chi connectivity index (χ0v) is 14.0. The maximum Gasteiger partial charge on any atom is 0.338 e. The van der Waals surface area contributed by atoms with E-state index in [9.17, 15) is 9.59 Å². The third-order valence-electron chi connectivity index (χ3n) is 4.10. The molecule has 130 valence electrons. The lowest BCUT2D eigenvalue weighted by Gasteiger charge is -2.26. The van der Waals surface area contributed by atoms with Gasteiger partial charge >= 0.3 is 5.97 Å². The summed E-state index contributed by atoms with van der Waals surface area (Å²) in [7, 11) is 0. The Balaban J connectivity index is 1.51. The Morgan fingerprint density at radius 2 is 1.48 bits per heavy atom. The normalized spacial score (nSPS) is 14.0. The van der Waals surface area contributed by atoms with Gasteiger partial charge in [-0.15, -0.1) is 0 Å². The monoisotopic (exact) mass is 339 g/mol. The van der Waals surface area contributed by atoms with Crippen molar-refractivity contribution in [1.82, 2.24) is 4.90 Å². The summed E-state index contributed by atoms with van der Waals surface area (Å²) in [6, 6.07) is 16.1. The lowest BCUT2D eigenvalue weighted by Crippen LogP contribution is -2.38. The van der Waals surface area contributed by atoms with Crippen LogP contribution in [-0.4, -0.2) is 36.5 Å². The highest BCUT2D eigenvalue weighted by Gasteiger charge is 2.18. The number of para-hydroxylation sites is 1. The Kier molecular flexibility index (Phi) is 5.67. The summed E-state index contributed by atoms with van der Waals surface area (Å²) in [5.74, 6) is 0.728. The Morgan fingerprint density at radius 3 is 2.16 bits per heavy atom. The van der Waals surface area contributed by atoms with Crippen LogP contribution in [0, 0.1) is 0 Å². The van der Waals surface area contributed by atoms with Crippen molar-refractivity contribution in [2.24, 2.45) is 0 Å². The van der Waals surface area contributed by atoms with Crippen LogP contribution in [0.3, 0.4) is 0 Å². The van der Waals surface area contributed by atoms with Gasteiger partial charge in [-0.2, -0.15) is 0 Å². The number of piperidine rings is 1. The molecule has 0 aromatic heterocycles. The SMILES string of the molecule is O=C(OCC(=O)N1CCCCC1)c1ccc(Oc2ccccc2)cc1. The molecule has 1 aliphatic rings. The van der Waals surface area contributed by atoms with Crippen molar-refractivity contribution in [3.63, 3.8) is 0 Å². The lowest BCUT2D eigenvalue weighted by atomic mass is 10.1. The molecule has 0 unspecified atom stereocenters. The molecule has 2 aromatic carbocycles. The number of hydrogen-bond acceptors (Lipinski definition) is 4. The van der Waals surface area contributed by atoms with Crippen LogP contribution < -0.4 is 4.74 Å². The molecule has 1 fully saturated rings. The van der Waals surface area contributed by atoms with Gasteiger partial charge in [0, 0.05) is 13.1 Å². The zero-order valence-electron chi connectivity index (χ0n) is 14.0. The second kappa shape index (κ2) is 8.33. The fourth-order valence-corrected chi connectivity index (χ4v) is 2.73. The predicted octanol–water partition coefficient (Wildman–Crippen LogP) is 3.65. The van der Waals surface area contributed by atoms with Gasteiger partial charge in [-0.1, -0.05) is 18.2 Å². The molecular weight excluding hydrogens is 318 g/mol. The molecule has 1 heterocycles. The minimum absolute atomic E-state index is 0.128. The molecule has 5 heteroatoms. The first kappa shape index (κ1) is 17.0. The number of hydrogen-bond donors (Lipinski definition) is 0. The van der Waals surface area contributed by atoms with Crippen molar-refractivity contribution in [3.05, 3.63) is 60.2 Å². The van der Waals surface area contributed by atoms with Crippen LogP contribution in [0.25, 0.3) is 0 Å². The van der Waals surface area contributed by atoms with E-state index in [1.165, 1.54) is 0 Å². The molecule has 0 saturated carbocycles. The summed E-state index contributed by atoms with van der Waals surface area (Å²) in [6.45, 7) is 1.30. The first-order valence-corrected chi connectivity index (χ1v) is 8.50. The maximum atomic E-state index is 12.1. The largest absolute Gasteiger partial charge is 0.457 e. The number of likely N-dealkylation sites (tertiary alicyclic amines) is 1. The number of carbonyl (C=O) groups excluding carboxylic acids is 2. The number of benzene rings is 2. The van der Waals surface area contributed by atoms with Gasteiger partial charge in [0.25, 0.3) is 5.91 Å². The van der Waals surface area contributed by atoms with Crippen LogP contribution >= 0.6 is 0 Å². The van der Waals surface area contributed by atoms with Crippen molar-refractivity contribution in [2.75, 3.05) is 19.7 Å². The van der Waals surface area contributed by atoms with E-state index < -0.39 is 5.97 Å².